The molecule has 3 heteroatoms. The van der Waals surface area contributed by atoms with Gasteiger partial charge in [0.05, 0.1) is 6.61 Å². The summed E-state index contributed by atoms with van der Waals surface area (Å²) in [7, 11) is 0. The van der Waals surface area contributed by atoms with Gasteiger partial charge in [-0.05, 0) is 31.5 Å². The SMILES string of the molecule is CCOc1ccc(N)cc1CSC(C)CC. The lowest BCUT2D eigenvalue weighted by atomic mass is 10.2. The van der Waals surface area contributed by atoms with Gasteiger partial charge in [0.1, 0.15) is 5.75 Å². The van der Waals surface area contributed by atoms with Crippen LogP contribution in [-0.2, 0) is 5.75 Å². The Hall–Kier alpha value is -0.830. The van der Waals surface area contributed by atoms with Crippen molar-refractivity contribution in [1.82, 2.24) is 0 Å². The van der Waals surface area contributed by atoms with Crippen LogP contribution in [0.1, 0.15) is 32.8 Å². The largest absolute Gasteiger partial charge is 0.494 e. The highest BCUT2D eigenvalue weighted by atomic mass is 32.2. The highest BCUT2D eigenvalue weighted by Crippen LogP contribution is 2.28. The summed E-state index contributed by atoms with van der Waals surface area (Å²) >= 11 is 1.94. The van der Waals surface area contributed by atoms with E-state index in [-0.39, 0.29) is 0 Å². The molecule has 0 heterocycles. The molecule has 0 aliphatic heterocycles. The van der Waals surface area contributed by atoms with Gasteiger partial charge in [0.25, 0.3) is 0 Å². The van der Waals surface area contributed by atoms with Crippen LogP contribution in [-0.4, -0.2) is 11.9 Å². The van der Waals surface area contributed by atoms with Crippen LogP contribution in [0, 0.1) is 0 Å². The Balaban J connectivity index is 2.71. The van der Waals surface area contributed by atoms with Crippen molar-refractivity contribution in [2.75, 3.05) is 12.3 Å². The molecule has 0 radical (unpaired) electrons. The summed E-state index contributed by atoms with van der Waals surface area (Å²) in [5.41, 5.74) is 7.81. The molecule has 2 N–H and O–H groups in total. The second-order valence-corrected chi connectivity index (χ2v) is 5.26. The number of nitrogen functional groups attached to an aromatic ring is 1. The Labute approximate surface area is 103 Å². The Morgan fingerprint density at radius 2 is 2.12 bits per heavy atom. The fourth-order valence-electron chi connectivity index (χ4n) is 1.36. The van der Waals surface area contributed by atoms with Crippen LogP contribution in [0.3, 0.4) is 0 Å². The average molecular weight is 239 g/mol. The van der Waals surface area contributed by atoms with Crippen LogP contribution in [0.2, 0.25) is 0 Å². The van der Waals surface area contributed by atoms with Gasteiger partial charge in [-0.25, -0.2) is 0 Å². The highest BCUT2D eigenvalue weighted by Gasteiger charge is 2.06. The molecule has 1 rings (SSSR count). The fourth-order valence-corrected chi connectivity index (χ4v) is 2.28. The van der Waals surface area contributed by atoms with Gasteiger partial charge in [-0.2, -0.15) is 11.8 Å². The van der Waals surface area contributed by atoms with Crippen molar-refractivity contribution in [1.29, 1.82) is 0 Å². The number of anilines is 1. The Morgan fingerprint density at radius 1 is 1.38 bits per heavy atom. The topological polar surface area (TPSA) is 35.2 Å². The number of hydrogen-bond donors (Lipinski definition) is 1. The van der Waals surface area contributed by atoms with Gasteiger partial charge < -0.3 is 10.5 Å². The summed E-state index contributed by atoms with van der Waals surface area (Å²) in [5.74, 6) is 1.93. The van der Waals surface area contributed by atoms with E-state index in [0.717, 1.165) is 17.2 Å². The van der Waals surface area contributed by atoms with E-state index in [1.54, 1.807) is 0 Å². The Kier molecular flexibility index (Phi) is 5.53. The van der Waals surface area contributed by atoms with Crippen molar-refractivity contribution in [3.05, 3.63) is 23.8 Å². The van der Waals surface area contributed by atoms with Crippen LogP contribution >= 0.6 is 11.8 Å². The van der Waals surface area contributed by atoms with E-state index in [2.05, 4.69) is 13.8 Å². The molecule has 1 aromatic carbocycles. The first kappa shape index (κ1) is 13.2. The minimum absolute atomic E-state index is 0.677. The second-order valence-electron chi connectivity index (χ2n) is 3.83. The third-order valence-corrected chi connectivity index (χ3v) is 3.86. The van der Waals surface area contributed by atoms with Crippen LogP contribution in [0.5, 0.6) is 5.75 Å². The first-order valence-corrected chi connectivity index (χ1v) is 6.85. The molecule has 90 valence electrons. The predicted molar refractivity (Wildman–Crippen MR) is 73.1 cm³/mol. The van der Waals surface area contributed by atoms with Gasteiger partial charge in [-0.1, -0.05) is 13.8 Å². The van der Waals surface area contributed by atoms with Crippen LogP contribution < -0.4 is 10.5 Å². The maximum Gasteiger partial charge on any atom is 0.123 e. The van der Waals surface area contributed by atoms with E-state index in [4.69, 9.17) is 10.5 Å². The molecule has 0 amide bonds. The van der Waals surface area contributed by atoms with E-state index in [1.165, 1.54) is 12.0 Å². The summed E-state index contributed by atoms with van der Waals surface area (Å²) in [6, 6.07) is 5.87. The predicted octanol–water partition coefficient (Wildman–Crippen LogP) is 3.70. The molecule has 0 bridgehead atoms. The molecular weight excluding hydrogens is 218 g/mol. The molecular formula is C13H21NOS. The molecule has 2 nitrogen and oxygen atoms in total. The fraction of sp³-hybridized carbons (Fsp3) is 0.538. The molecule has 0 spiro atoms. The molecule has 0 saturated carbocycles. The number of ether oxygens (including phenoxy) is 1. The van der Waals surface area contributed by atoms with Crippen LogP contribution in [0.4, 0.5) is 5.69 Å². The molecule has 1 unspecified atom stereocenters. The molecule has 0 aromatic heterocycles. The molecule has 0 saturated heterocycles. The molecule has 1 aromatic rings. The first-order valence-electron chi connectivity index (χ1n) is 5.80. The summed E-state index contributed by atoms with van der Waals surface area (Å²) in [4.78, 5) is 0. The Morgan fingerprint density at radius 3 is 2.75 bits per heavy atom. The lowest BCUT2D eigenvalue weighted by molar-refractivity contribution is 0.337. The van der Waals surface area contributed by atoms with Gasteiger partial charge in [0.15, 0.2) is 0 Å². The number of benzene rings is 1. The lowest BCUT2D eigenvalue weighted by Gasteiger charge is -2.13. The molecule has 1 atom stereocenters. The van der Waals surface area contributed by atoms with E-state index in [1.807, 2.05) is 36.9 Å². The number of thioether (sulfide) groups is 1. The maximum absolute atomic E-state index is 5.80. The van der Waals surface area contributed by atoms with E-state index >= 15 is 0 Å². The summed E-state index contributed by atoms with van der Waals surface area (Å²) < 4.78 is 5.59. The van der Waals surface area contributed by atoms with Gasteiger partial charge in [-0.3, -0.25) is 0 Å². The van der Waals surface area contributed by atoms with Gasteiger partial charge >= 0.3 is 0 Å². The van der Waals surface area contributed by atoms with E-state index < -0.39 is 0 Å². The van der Waals surface area contributed by atoms with Crippen molar-refractivity contribution in [3.63, 3.8) is 0 Å². The monoisotopic (exact) mass is 239 g/mol. The highest BCUT2D eigenvalue weighted by molar-refractivity contribution is 7.99. The van der Waals surface area contributed by atoms with Crippen molar-refractivity contribution < 1.29 is 4.74 Å². The summed E-state index contributed by atoms with van der Waals surface area (Å²) in [6.07, 6.45) is 1.19. The standard InChI is InChI=1S/C13H21NOS/c1-4-10(3)16-9-11-8-12(14)6-7-13(11)15-5-2/h6-8,10H,4-5,9,14H2,1-3H3. The zero-order valence-electron chi connectivity index (χ0n) is 10.3. The minimum atomic E-state index is 0.677. The zero-order valence-corrected chi connectivity index (χ0v) is 11.1. The summed E-state index contributed by atoms with van der Waals surface area (Å²) in [5, 5.41) is 0.677. The normalized spacial score (nSPS) is 12.4. The van der Waals surface area contributed by atoms with Gasteiger partial charge in [0, 0.05) is 22.3 Å². The zero-order chi connectivity index (χ0) is 12.0. The summed E-state index contributed by atoms with van der Waals surface area (Å²) in [6.45, 7) is 7.16. The number of nitrogens with two attached hydrogens (primary N) is 1. The molecule has 0 fully saturated rings. The second kappa shape index (κ2) is 6.69. The first-order chi connectivity index (χ1) is 7.67. The van der Waals surface area contributed by atoms with E-state index in [0.29, 0.717) is 11.9 Å². The molecule has 16 heavy (non-hydrogen) atoms. The number of rotatable bonds is 6. The van der Waals surface area contributed by atoms with Crippen molar-refractivity contribution >= 4 is 17.4 Å². The van der Waals surface area contributed by atoms with E-state index in [9.17, 15) is 0 Å². The van der Waals surface area contributed by atoms with Gasteiger partial charge in [0.2, 0.25) is 0 Å². The Bertz CT molecular complexity index is 328. The van der Waals surface area contributed by atoms with Gasteiger partial charge in [-0.15, -0.1) is 0 Å². The molecule has 0 aliphatic rings. The smallest absolute Gasteiger partial charge is 0.123 e. The molecule has 0 aliphatic carbocycles. The number of hydrogen-bond acceptors (Lipinski definition) is 3. The quantitative estimate of drug-likeness (QED) is 0.769. The third kappa shape index (κ3) is 3.97. The maximum atomic E-state index is 5.80. The van der Waals surface area contributed by atoms with Crippen molar-refractivity contribution in [2.24, 2.45) is 0 Å². The van der Waals surface area contributed by atoms with Crippen LogP contribution in [0.25, 0.3) is 0 Å². The van der Waals surface area contributed by atoms with Crippen molar-refractivity contribution in [3.8, 4) is 5.75 Å². The third-order valence-electron chi connectivity index (χ3n) is 2.48. The average Bonchev–Trinajstić information content (AvgIpc) is 2.29. The minimum Gasteiger partial charge on any atom is -0.494 e. The van der Waals surface area contributed by atoms with Crippen molar-refractivity contribution in [2.45, 2.75) is 38.2 Å². The lowest BCUT2D eigenvalue weighted by Crippen LogP contribution is -1.99. The van der Waals surface area contributed by atoms with Crippen LogP contribution in [0.15, 0.2) is 18.2 Å².